The number of rotatable bonds is 4. The van der Waals surface area contributed by atoms with Gasteiger partial charge in [0, 0.05) is 36.4 Å². The summed E-state index contributed by atoms with van der Waals surface area (Å²) < 4.78 is 0. The molecule has 0 unspecified atom stereocenters. The SMILES string of the molecule is CN(c1ccc([N+](=O)[O-])cc1)[C@@H]1C[C@H]1C(=O)NC(C)(C)C. The number of anilines is 1. The minimum atomic E-state index is -0.416. The predicted molar refractivity (Wildman–Crippen MR) is 81.3 cm³/mol. The summed E-state index contributed by atoms with van der Waals surface area (Å²) in [6.07, 6.45) is 0.815. The summed E-state index contributed by atoms with van der Waals surface area (Å²) in [5.41, 5.74) is 0.734. The van der Waals surface area contributed by atoms with E-state index in [1.165, 1.54) is 12.1 Å². The standard InChI is InChI=1S/C15H21N3O3/c1-15(2,3)16-14(19)12-9-13(12)17(4)10-5-7-11(8-6-10)18(20)21/h5-8,12-13H,9H2,1-4H3,(H,16,19)/t12-,13-/m1/s1. The molecule has 1 aromatic carbocycles. The molecule has 0 saturated heterocycles. The third-order valence-corrected chi connectivity index (χ3v) is 3.56. The molecule has 2 rings (SSSR count). The number of nitro benzene ring substituents is 1. The topological polar surface area (TPSA) is 75.5 Å². The van der Waals surface area contributed by atoms with Crippen LogP contribution >= 0.6 is 0 Å². The summed E-state index contributed by atoms with van der Waals surface area (Å²) in [4.78, 5) is 24.3. The monoisotopic (exact) mass is 291 g/mol. The van der Waals surface area contributed by atoms with Crippen molar-refractivity contribution in [2.24, 2.45) is 5.92 Å². The van der Waals surface area contributed by atoms with Crippen LogP contribution in [0.3, 0.4) is 0 Å². The van der Waals surface area contributed by atoms with Crippen LogP contribution in [0.2, 0.25) is 0 Å². The molecule has 0 heterocycles. The van der Waals surface area contributed by atoms with Gasteiger partial charge in [0.2, 0.25) is 5.91 Å². The molecular formula is C15H21N3O3. The number of amides is 1. The fourth-order valence-electron chi connectivity index (χ4n) is 2.35. The summed E-state index contributed by atoms with van der Waals surface area (Å²) in [6.45, 7) is 5.88. The first-order chi connectivity index (χ1) is 9.69. The van der Waals surface area contributed by atoms with Gasteiger partial charge in [0.15, 0.2) is 0 Å². The highest BCUT2D eigenvalue weighted by molar-refractivity contribution is 5.84. The lowest BCUT2D eigenvalue weighted by atomic mass is 10.1. The summed E-state index contributed by atoms with van der Waals surface area (Å²) in [5, 5.41) is 13.6. The van der Waals surface area contributed by atoms with Crippen molar-refractivity contribution in [1.82, 2.24) is 5.32 Å². The zero-order valence-electron chi connectivity index (χ0n) is 12.8. The quantitative estimate of drug-likeness (QED) is 0.682. The lowest BCUT2D eigenvalue weighted by Crippen LogP contribution is -2.42. The molecule has 1 aliphatic rings. The molecule has 21 heavy (non-hydrogen) atoms. The van der Waals surface area contributed by atoms with Crippen LogP contribution in [0.25, 0.3) is 0 Å². The molecule has 1 aliphatic carbocycles. The molecule has 6 heteroatoms. The van der Waals surface area contributed by atoms with Gasteiger partial charge in [-0.15, -0.1) is 0 Å². The Kier molecular flexibility index (Phi) is 3.89. The predicted octanol–water partition coefficient (Wildman–Crippen LogP) is 2.33. The van der Waals surface area contributed by atoms with Gasteiger partial charge in [-0.2, -0.15) is 0 Å². The highest BCUT2D eigenvalue weighted by Crippen LogP contribution is 2.38. The second kappa shape index (κ2) is 5.35. The number of non-ortho nitro benzene ring substituents is 1. The van der Waals surface area contributed by atoms with Crippen LogP contribution in [0.1, 0.15) is 27.2 Å². The van der Waals surface area contributed by atoms with E-state index in [0.29, 0.717) is 0 Å². The smallest absolute Gasteiger partial charge is 0.269 e. The maximum Gasteiger partial charge on any atom is 0.269 e. The summed E-state index contributed by atoms with van der Waals surface area (Å²) in [6, 6.07) is 6.56. The van der Waals surface area contributed by atoms with Crippen molar-refractivity contribution in [1.29, 1.82) is 0 Å². The molecule has 0 radical (unpaired) electrons. The maximum absolute atomic E-state index is 12.1. The van der Waals surface area contributed by atoms with E-state index in [2.05, 4.69) is 5.32 Å². The molecule has 1 N–H and O–H groups in total. The lowest BCUT2D eigenvalue weighted by molar-refractivity contribution is -0.384. The fourth-order valence-corrected chi connectivity index (χ4v) is 2.35. The number of benzene rings is 1. The molecule has 0 aliphatic heterocycles. The first-order valence-electron chi connectivity index (χ1n) is 6.98. The molecular weight excluding hydrogens is 270 g/mol. The summed E-state index contributed by atoms with van der Waals surface area (Å²) >= 11 is 0. The van der Waals surface area contributed by atoms with Crippen molar-refractivity contribution in [2.45, 2.75) is 38.8 Å². The van der Waals surface area contributed by atoms with Crippen molar-refractivity contribution < 1.29 is 9.72 Å². The van der Waals surface area contributed by atoms with Gasteiger partial charge in [0.05, 0.1) is 10.8 Å². The molecule has 1 fully saturated rings. The van der Waals surface area contributed by atoms with Crippen molar-refractivity contribution in [3.8, 4) is 0 Å². The van der Waals surface area contributed by atoms with Gasteiger partial charge < -0.3 is 10.2 Å². The first kappa shape index (κ1) is 15.3. The molecule has 0 spiro atoms. The molecule has 6 nitrogen and oxygen atoms in total. The van der Waals surface area contributed by atoms with Crippen molar-refractivity contribution in [2.75, 3.05) is 11.9 Å². The minimum absolute atomic E-state index is 0.00980. The Morgan fingerprint density at radius 3 is 2.38 bits per heavy atom. The third kappa shape index (κ3) is 3.71. The average molecular weight is 291 g/mol. The van der Waals surface area contributed by atoms with E-state index in [1.807, 2.05) is 32.7 Å². The number of carbonyl (C=O) groups is 1. The normalized spacial score (nSPS) is 20.8. The van der Waals surface area contributed by atoms with Crippen LogP contribution < -0.4 is 10.2 Å². The Bertz CT molecular complexity index is 548. The molecule has 1 amide bonds. The third-order valence-electron chi connectivity index (χ3n) is 3.56. The van der Waals surface area contributed by atoms with Gasteiger partial charge in [-0.1, -0.05) is 0 Å². The number of nitrogens with zero attached hydrogens (tertiary/aromatic N) is 2. The Morgan fingerprint density at radius 1 is 1.33 bits per heavy atom. The van der Waals surface area contributed by atoms with Gasteiger partial charge in [0.1, 0.15) is 0 Å². The Hall–Kier alpha value is -2.11. The number of nitro groups is 1. The summed E-state index contributed by atoms with van der Waals surface area (Å²) in [5.74, 6) is 0.0608. The second-order valence-electron chi connectivity index (χ2n) is 6.53. The first-order valence-corrected chi connectivity index (χ1v) is 6.98. The van der Waals surface area contributed by atoms with Crippen LogP contribution in [0.15, 0.2) is 24.3 Å². The number of hydrogen-bond acceptors (Lipinski definition) is 4. The van der Waals surface area contributed by atoms with E-state index in [-0.39, 0.29) is 29.1 Å². The Labute approximate surface area is 124 Å². The van der Waals surface area contributed by atoms with E-state index in [1.54, 1.807) is 12.1 Å². The molecule has 1 aromatic rings. The van der Waals surface area contributed by atoms with Crippen molar-refractivity contribution in [3.05, 3.63) is 34.4 Å². The van der Waals surface area contributed by atoms with Gasteiger partial charge in [-0.3, -0.25) is 14.9 Å². The van der Waals surface area contributed by atoms with E-state index >= 15 is 0 Å². The van der Waals surface area contributed by atoms with Gasteiger partial charge in [-0.05, 0) is 39.3 Å². The van der Waals surface area contributed by atoms with Gasteiger partial charge in [0.25, 0.3) is 5.69 Å². The zero-order valence-corrected chi connectivity index (χ0v) is 12.8. The maximum atomic E-state index is 12.1. The average Bonchev–Trinajstić information content (AvgIpc) is 3.16. The van der Waals surface area contributed by atoms with Crippen LogP contribution in [-0.4, -0.2) is 29.5 Å². The fraction of sp³-hybridized carbons (Fsp3) is 0.533. The number of hydrogen-bond donors (Lipinski definition) is 1. The van der Waals surface area contributed by atoms with E-state index in [4.69, 9.17) is 0 Å². The molecule has 114 valence electrons. The minimum Gasteiger partial charge on any atom is -0.371 e. The van der Waals surface area contributed by atoms with E-state index < -0.39 is 4.92 Å². The second-order valence-corrected chi connectivity index (χ2v) is 6.53. The van der Waals surface area contributed by atoms with Crippen molar-refractivity contribution >= 4 is 17.3 Å². The van der Waals surface area contributed by atoms with Crippen LogP contribution in [0.5, 0.6) is 0 Å². The molecule has 0 bridgehead atoms. The van der Waals surface area contributed by atoms with Crippen molar-refractivity contribution in [3.63, 3.8) is 0 Å². The lowest BCUT2D eigenvalue weighted by Gasteiger charge is -2.22. The highest BCUT2D eigenvalue weighted by atomic mass is 16.6. The Morgan fingerprint density at radius 2 is 1.90 bits per heavy atom. The molecule has 1 saturated carbocycles. The zero-order chi connectivity index (χ0) is 15.8. The van der Waals surface area contributed by atoms with Crippen LogP contribution in [0, 0.1) is 16.0 Å². The highest BCUT2D eigenvalue weighted by Gasteiger charge is 2.46. The van der Waals surface area contributed by atoms with Crippen LogP contribution in [-0.2, 0) is 4.79 Å². The van der Waals surface area contributed by atoms with E-state index in [9.17, 15) is 14.9 Å². The largest absolute Gasteiger partial charge is 0.371 e. The molecule has 2 atom stereocenters. The van der Waals surface area contributed by atoms with E-state index in [0.717, 1.165) is 12.1 Å². The van der Waals surface area contributed by atoms with Crippen LogP contribution in [0.4, 0.5) is 11.4 Å². The molecule has 0 aromatic heterocycles. The van der Waals surface area contributed by atoms with Gasteiger partial charge in [-0.25, -0.2) is 0 Å². The Balaban J connectivity index is 1.98. The van der Waals surface area contributed by atoms with Gasteiger partial charge >= 0.3 is 0 Å². The summed E-state index contributed by atoms with van der Waals surface area (Å²) in [7, 11) is 1.91. The number of nitrogens with one attached hydrogen (secondary N) is 1. The number of carbonyl (C=O) groups excluding carboxylic acids is 1.